The Labute approximate surface area is 208 Å². The lowest BCUT2D eigenvalue weighted by molar-refractivity contribution is -0.384. The van der Waals surface area contributed by atoms with E-state index in [1.54, 1.807) is 48.7 Å². The molecule has 0 saturated carbocycles. The van der Waals surface area contributed by atoms with E-state index in [0.29, 0.717) is 45.8 Å². The third kappa shape index (κ3) is 5.38. The highest BCUT2D eigenvalue weighted by molar-refractivity contribution is 9.10. The van der Waals surface area contributed by atoms with Crippen LogP contribution in [0.3, 0.4) is 0 Å². The summed E-state index contributed by atoms with van der Waals surface area (Å²) in [6.07, 6.45) is 2.09. The van der Waals surface area contributed by atoms with Gasteiger partial charge in [0.25, 0.3) is 11.2 Å². The SMILES string of the molecule is CCc1nc2ccc(Br)cc2c(=O)n1N=Cc1ccc(OCc2cccc([N+](=O)[O-])c2)c(OC)c1. The fraction of sp³-hybridized carbons (Fsp3) is 0.160. The summed E-state index contributed by atoms with van der Waals surface area (Å²) < 4.78 is 13.4. The van der Waals surface area contributed by atoms with E-state index in [-0.39, 0.29) is 17.9 Å². The van der Waals surface area contributed by atoms with E-state index in [2.05, 4.69) is 26.0 Å². The molecule has 0 aliphatic rings. The average molecular weight is 537 g/mol. The maximum atomic E-state index is 13.0. The van der Waals surface area contributed by atoms with Gasteiger partial charge in [0, 0.05) is 23.0 Å². The summed E-state index contributed by atoms with van der Waals surface area (Å²) in [7, 11) is 1.52. The molecule has 0 amide bonds. The van der Waals surface area contributed by atoms with Crippen molar-refractivity contribution in [3.63, 3.8) is 0 Å². The summed E-state index contributed by atoms with van der Waals surface area (Å²) in [6, 6.07) is 16.8. The van der Waals surface area contributed by atoms with Gasteiger partial charge in [-0.2, -0.15) is 9.78 Å². The van der Waals surface area contributed by atoms with E-state index in [1.165, 1.54) is 23.9 Å². The van der Waals surface area contributed by atoms with Crippen molar-refractivity contribution in [2.24, 2.45) is 5.10 Å². The molecule has 1 aromatic heterocycles. The first-order valence-electron chi connectivity index (χ1n) is 10.7. The standard InChI is InChI=1S/C25H21BrN4O5/c1-3-24-28-21-9-8-18(26)13-20(21)25(31)29(24)27-14-16-7-10-22(23(12-16)34-2)35-15-17-5-4-6-19(11-17)30(32)33/h4-14H,3,15H2,1-2H3. The van der Waals surface area contributed by atoms with E-state index >= 15 is 0 Å². The molecule has 1 heterocycles. The molecule has 4 aromatic rings. The number of aromatic nitrogens is 2. The van der Waals surface area contributed by atoms with E-state index in [0.717, 1.165) is 4.47 Å². The molecule has 0 bridgehead atoms. The van der Waals surface area contributed by atoms with Crippen LogP contribution >= 0.6 is 15.9 Å². The van der Waals surface area contributed by atoms with Gasteiger partial charge in [-0.3, -0.25) is 14.9 Å². The highest BCUT2D eigenvalue weighted by Crippen LogP contribution is 2.29. The van der Waals surface area contributed by atoms with Gasteiger partial charge >= 0.3 is 0 Å². The maximum Gasteiger partial charge on any atom is 0.282 e. The molecule has 0 aliphatic carbocycles. The molecule has 178 valence electrons. The topological polar surface area (TPSA) is 109 Å². The first-order chi connectivity index (χ1) is 16.9. The van der Waals surface area contributed by atoms with E-state index in [1.807, 2.05) is 13.0 Å². The van der Waals surface area contributed by atoms with Crippen molar-refractivity contribution >= 4 is 38.7 Å². The minimum absolute atomic E-state index is 0.00172. The number of methoxy groups -OCH3 is 1. The summed E-state index contributed by atoms with van der Waals surface area (Å²) in [5, 5.41) is 15.8. The molecular formula is C25H21BrN4O5. The molecule has 0 N–H and O–H groups in total. The van der Waals surface area contributed by atoms with Crippen molar-refractivity contribution in [2.45, 2.75) is 20.0 Å². The normalized spacial score (nSPS) is 11.2. The van der Waals surface area contributed by atoms with Crippen molar-refractivity contribution in [3.05, 3.63) is 103 Å². The molecule has 0 spiro atoms. The first kappa shape index (κ1) is 24.1. The van der Waals surface area contributed by atoms with Gasteiger partial charge in [0.05, 0.1) is 29.2 Å². The van der Waals surface area contributed by atoms with Crippen LogP contribution in [0.1, 0.15) is 23.9 Å². The monoisotopic (exact) mass is 536 g/mol. The minimum atomic E-state index is -0.447. The number of aryl methyl sites for hydroxylation is 1. The van der Waals surface area contributed by atoms with Gasteiger partial charge in [-0.15, -0.1) is 0 Å². The molecule has 9 nitrogen and oxygen atoms in total. The zero-order valence-electron chi connectivity index (χ0n) is 19.0. The number of nitro groups is 1. The molecule has 10 heteroatoms. The zero-order valence-corrected chi connectivity index (χ0v) is 20.6. The second kappa shape index (κ2) is 10.5. The molecule has 3 aromatic carbocycles. The molecular weight excluding hydrogens is 516 g/mol. The second-order valence-corrected chi connectivity index (χ2v) is 8.45. The van der Waals surface area contributed by atoms with Crippen LogP contribution in [0.2, 0.25) is 0 Å². The highest BCUT2D eigenvalue weighted by atomic mass is 79.9. The number of hydrogen-bond donors (Lipinski definition) is 0. The lowest BCUT2D eigenvalue weighted by atomic mass is 10.2. The van der Waals surface area contributed by atoms with Crippen molar-refractivity contribution in [3.8, 4) is 11.5 Å². The van der Waals surface area contributed by atoms with Crippen LogP contribution in [-0.4, -0.2) is 27.9 Å². The molecule has 0 aliphatic heterocycles. The lowest BCUT2D eigenvalue weighted by Gasteiger charge is -2.11. The Morgan fingerprint density at radius 3 is 2.71 bits per heavy atom. The van der Waals surface area contributed by atoms with Crippen molar-refractivity contribution < 1.29 is 14.4 Å². The predicted molar refractivity (Wildman–Crippen MR) is 136 cm³/mol. The molecule has 0 atom stereocenters. The number of non-ortho nitro benzene ring substituents is 1. The first-order valence-corrected chi connectivity index (χ1v) is 11.5. The van der Waals surface area contributed by atoms with Gasteiger partial charge in [0.2, 0.25) is 0 Å². The number of nitrogens with zero attached hydrogens (tertiary/aromatic N) is 4. The van der Waals surface area contributed by atoms with Crippen LogP contribution in [0.25, 0.3) is 10.9 Å². The number of hydrogen-bond acceptors (Lipinski definition) is 7. The summed E-state index contributed by atoms with van der Waals surface area (Å²) >= 11 is 3.39. The quantitative estimate of drug-likeness (QED) is 0.176. The Hall–Kier alpha value is -4.05. The number of nitro benzene ring substituents is 1. The van der Waals surface area contributed by atoms with Crippen LogP contribution < -0.4 is 15.0 Å². The van der Waals surface area contributed by atoms with Gasteiger partial charge in [-0.1, -0.05) is 35.0 Å². The van der Waals surface area contributed by atoms with Gasteiger partial charge in [-0.05, 0) is 47.5 Å². The Morgan fingerprint density at radius 1 is 1.14 bits per heavy atom. The number of rotatable bonds is 8. The second-order valence-electron chi connectivity index (χ2n) is 7.53. The fourth-order valence-electron chi connectivity index (χ4n) is 3.47. The Kier molecular flexibility index (Phi) is 7.21. The Morgan fingerprint density at radius 2 is 1.97 bits per heavy atom. The van der Waals surface area contributed by atoms with Crippen molar-refractivity contribution in [1.29, 1.82) is 0 Å². The van der Waals surface area contributed by atoms with Gasteiger partial charge in [0.1, 0.15) is 12.4 Å². The van der Waals surface area contributed by atoms with Crippen molar-refractivity contribution in [1.82, 2.24) is 9.66 Å². The zero-order chi connectivity index (χ0) is 24.9. The number of ether oxygens (including phenoxy) is 2. The van der Waals surface area contributed by atoms with Crippen LogP contribution in [0, 0.1) is 10.1 Å². The highest BCUT2D eigenvalue weighted by Gasteiger charge is 2.11. The van der Waals surface area contributed by atoms with Gasteiger partial charge in [0.15, 0.2) is 11.5 Å². The minimum Gasteiger partial charge on any atom is -0.493 e. The van der Waals surface area contributed by atoms with E-state index in [9.17, 15) is 14.9 Å². The smallest absolute Gasteiger partial charge is 0.282 e. The number of benzene rings is 3. The lowest BCUT2D eigenvalue weighted by Crippen LogP contribution is -2.22. The van der Waals surface area contributed by atoms with Crippen LogP contribution in [0.15, 0.2) is 75.0 Å². The third-order valence-corrected chi connectivity index (χ3v) is 5.71. The molecule has 4 rings (SSSR count). The number of halogens is 1. The van der Waals surface area contributed by atoms with Crippen molar-refractivity contribution in [2.75, 3.05) is 7.11 Å². The van der Waals surface area contributed by atoms with Gasteiger partial charge < -0.3 is 9.47 Å². The summed E-state index contributed by atoms with van der Waals surface area (Å²) in [6.45, 7) is 2.05. The van der Waals surface area contributed by atoms with E-state index < -0.39 is 4.92 Å². The summed E-state index contributed by atoms with van der Waals surface area (Å²) in [4.78, 5) is 28.1. The number of fused-ring (bicyclic) bond motifs is 1. The predicted octanol–water partition coefficient (Wildman–Crippen LogP) is 5.10. The van der Waals surface area contributed by atoms with Crippen LogP contribution in [0.5, 0.6) is 11.5 Å². The Bertz CT molecular complexity index is 1500. The van der Waals surface area contributed by atoms with Crippen LogP contribution in [-0.2, 0) is 13.0 Å². The summed E-state index contributed by atoms with van der Waals surface area (Å²) in [5.74, 6) is 1.48. The molecule has 35 heavy (non-hydrogen) atoms. The summed E-state index contributed by atoms with van der Waals surface area (Å²) in [5.41, 5.74) is 1.71. The van der Waals surface area contributed by atoms with Gasteiger partial charge in [-0.25, -0.2) is 4.98 Å². The molecule has 0 radical (unpaired) electrons. The largest absolute Gasteiger partial charge is 0.493 e. The molecule has 0 fully saturated rings. The average Bonchev–Trinajstić information content (AvgIpc) is 2.87. The van der Waals surface area contributed by atoms with Crippen LogP contribution in [0.4, 0.5) is 5.69 Å². The van der Waals surface area contributed by atoms with E-state index in [4.69, 9.17) is 9.47 Å². The third-order valence-electron chi connectivity index (χ3n) is 5.22. The molecule has 0 saturated heterocycles. The fourth-order valence-corrected chi connectivity index (χ4v) is 3.83. The molecule has 0 unspecified atom stereocenters. The Balaban J connectivity index is 1.59. The maximum absolute atomic E-state index is 13.0.